The Labute approximate surface area is 190 Å². The lowest BCUT2D eigenvalue weighted by atomic mass is 9.63. The van der Waals surface area contributed by atoms with E-state index in [1.807, 2.05) is 74.5 Å². The fraction of sp³-hybridized carbons (Fsp3) is 0.308. The molecule has 2 aliphatic carbocycles. The number of amides is 2. The van der Waals surface area contributed by atoms with Crippen LogP contribution in [0, 0.1) is 16.7 Å². The molecule has 2 bridgehead atoms. The van der Waals surface area contributed by atoms with Gasteiger partial charge in [-0.2, -0.15) is 0 Å². The molecule has 1 aliphatic heterocycles. The van der Waals surface area contributed by atoms with E-state index in [-0.39, 0.29) is 18.4 Å². The lowest BCUT2D eigenvalue weighted by Gasteiger charge is -2.42. The second-order valence-corrected chi connectivity index (χ2v) is 10.3. The predicted octanol–water partition coefficient (Wildman–Crippen LogP) is 4.30. The van der Waals surface area contributed by atoms with E-state index in [0.717, 1.165) is 22.3 Å². The van der Waals surface area contributed by atoms with Crippen LogP contribution >= 0.6 is 15.9 Å². The Hall–Kier alpha value is -2.50. The smallest absolute Gasteiger partial charge is 0.248 e. The summed E-state index contributed by atoms with van der Waals surface area (Å²) in [5, 5.41) is 11.8. The summed E-state index contributed by atoms with van der Waals surface area (Å²) in [7, 11) is 0. The molecule has 4 nitrogen and oxygen atoms in total. The van der Waals surface area contributed by atoms with Gasteiger partial charge in [0.05, 0.1) is 12.0 Å². The van der Waals surface area contributed by atoms with Crippen molar-refractivity contribution in [2.24, 2.45) is 16.7 Å². The summed E-state index contributed by atoms with van der Waals surface area (Å²) in [5.74, 6) is -1.27. The molecule has 2 aromatic carbocycles. The van der Waals surface area contributed by atoms with Gasteiger partial charge in [0, 0.05) is 17.4 Å². The highest BCUT2D eigenvalue weighted by Gasteiger charge is 2.85. The maximum atomic E-state index is 13.7. The van der Waals surface area contributed by atoms with E-state index in [1.54, 1.807) is 6.08 Å². The normalized spacial score (nSPS) is 36.3. The van der Waals surface area contributed by atoms with Gasteiger partial charge in [-0.15, -0.1) is 6.58 Å². The summed E-state index contributed by atoms with van der Waals surface area (Å²) in [5.41, 5.74) is 1.84. The average molecular weight is 478 g/mol. The number of alkyl halides is 1. The average Bonchev–Trinajstić information content (AvgIpc) is 3.16. The van der Waals surface area contributed by atoms with E-state index in [2.05, 4.69) is 22.5 Å². The first kappa shape index (κ1) is 20.4. The summed E-state index contributed by atoms with van der Waals surface area (Å²) in [6, 6.07) is 19.8. The zero-order chi connectivity index (χ0) is 22.2. The van der Waals surface area contributed by atoms with Gasteiger partial charge < -0.3 is 5.11 Å². The molecule has 1 N–H and O–H groups in total. The van der Waals surface area contributed by atoms with Crippen LogP contribution < -0.4 is 0 Å². The van der Waals surface area contributed by atoms with Crippen LogP contribution in [-0.4, -0.2) is 38.8 Å². The number of benzene rings is 2. The van der Waals surface area contributed by atoms with Gasteiger partial charge in [0.25, 0.3) is 0 Å². The number of fused-ring (bicyclic) bond motifs is 5. The van der Waals surface area contributed by atoms with E-state index < -0.39 is 27.2 Å². The molecule has 0 radical (unpaired) electrons. The van der Waals surface area contributed by atoms with Crippen LogP contribution in [0.1, 0.15) is 25.0 Å². The van der Waals surface area contributed by atoms with Crippen molar-refractivity contribution < 1.29 is 14.7 Å². The largest absolute Gasteiger partial charge is 0.391 e. The van der Waals surface area contributed by atoms with Crippen molar-refractivity contribution in [2.45, 2.75) is 24.3 Å². The highest BCUT2D eigenvalue weighted by molar-refractivity contribution is 9.10. The molecular formula is C26H24BrNO3. The van der Waals surface area contributed by atoms with Crippen molar-refractivity contribution in [1.82, 2.24) is 4.90 Å². The fourth-order valence-electron chi connectivity index (χ4n) is 6.43. The van der Waals surface area contributed by atoms with Gasteiger partial charge in [-0.1, -0.05) is 96.5 Å². The van der Waals surface area contributed by atoms with Gasteiger partial charge in [0.2, 0.25) is 11.8 Å². The molecule has 0 aromatic heterocycles. The minimum absolute atomic E-state index is 0.158. The van der Waals surface area contributed by atoms with Crippen molar-refractivity contribution in [2.75, 3.05) is 6.54 Å². The zero-order valence-corrected chi connectivity index (χ0v) is 19.1. The Balaban J connectivity index is 1.88. The summed E-state index contributed by atoms with van der Waals surface area (Å²) in [6.45, 7) is 7.73. The SMILES string of the molecule is C=CCN1C(=O)C2C3(C)C(c4ccccc4)=C(c4ccccc4)C(C)(C3O)C2(Br)C1=O. The molecule has 158 valence electrons. The quantitative estimate of drug-likeness (QED) is 0.405. The van der Waals surface area contributed by atoms with Gasteiger partial charge in [0.15, 0.2) is 0 Å². The molecular weight excluding hydrogens is 454 g/mol. The van der Waals surface area contributed by atoms with Crippen LogP contribution in [0.3, 0.4) is 0 Å². The first-order valence-corrected chi connectivity index (χ1v) is 11.2. The number of likely N-dealkylation sites (tertiary alicyclic amines) is 1. The third-order valence-corrected chi connectivity index (χ3v) is 9.30. The van der Waals surface area contributed by atoms with Crippen molar-refractivity contribution in [3.8, 4) is 0 Å². The number of carbonyl (C=O) groups is 2. The molecule has 1 saturated carbocycles. The number of imide groups is 1. The molecule has 5 heteroatoms. The Morgan fingerprint density at radius 3 is 2.03 bits per heavy atom. The molecule has 5 unspecified atom stereocenters. The van der Waals surface area contributed by atoms with Crippen molar-refractivity contribution in [1.29, 1.82) is 0 Å². The van der Waals surface area contributed by atoms with Crippen molar-refractivity contribution in [3.63, 3.8) is 0 Å². The molecule has 1 saturated heterocycles. The Bertz CT molecular complexity index is 1140. The molecule has 0 spiro atoms. The standard InChI is InChI=1S/C26H24BrNO3/c1-4-15-28-21(29)20-24(2)18(16-11-7-5-8-12-16)19(17-13-9-6-10-14-17)25(3,22(24)30)26(20,27)23(28)31/h4-14,20,22,30H,1,15H2,2-3H3. The van der Waals surface area contributed by atoms with Crippen LogP contribution in [0.25, 0.3) is 11.1 Å². The number of carbonyl (C=O) groups excluding carboxylic acids is 2. The van der Waals surface area contributed by atoms with Crippen LogP contribution in [0.5, 0.6) is 0 Å². The van der Waals surface area contributed by atoms with Crippen LogP contribution in [-0.2, 0) is 9.59 Å². The van der Waals surface area contributed by atoms with E-state index in [9.17, 15) is 14.7 Å². The summed E-state index contributed by atoms with van der Waals surface area (Å²) in [4.78, 5) is 28.6. The molecule has 2 aromatic rings. The molecule has 3 aliphatic rings. The first-order chi connectivity index (χ1) is 14.8. The minimum atomic E-state index is -1.22. The molecule has 2 amide bonds. The van der Waals surface area contributed by atoms with Crippen LogP contribution in [0.2, 0.25) is 0 Å². The Morgan fingerprint density at radius 2 is 1.52 bits per heavy atom. The number of hydrogen-bond donors (Lipinski definition) is 1. The third-order valence-electron chi connectivity index (χ3n) is 7.68. The fourth-order valence-corrected chi connectivity index (χ4v) is 7.73. The van der Waals surface area contributed by atoms with Crippen molar-refractivity contribution in [3.05, 3.63) is 84.4 Å². The Kier molecular flexibility index (Phi) is 4.28. The van der Waals surface area contributed by atoms with Gasteiger partial charge in [0.1, 0.15) is 4.32 Å². The number of hydrogen-bond acceptors (Lipinski definition) is 3. The lowest BCUT2D eigenvalue weighted by molar-refractivity contribution is -0.142. The topological polar surface area (TPSA) is 57.6 Å². The lowest BCUT2D eigenvalue weighted by Crippen LogP contribution is -2.51. The number of rotatable bonds is 4. The second-order valence-electron chi connectivity index (χ2n) is 9.06. The zero-order valence-electron chi connectivity index (χ0n) is 17.5. The van der Waals surface area contributed by atoms with Crippen molar-refractivity contribution >= 4 is 38.9 Å². The van der Waals surface area contributed by atoms with E-state index in [1.165, 1.54) is 4.90 Å². The Morgan fingerprint density at radius 1 is 1.00 bits per heavy atom. The molecule has 5 rings (SSSR count). The van der Waals surface area contributed by atoms with E-state index in [4.69, 9.17) is 0 Å². The van der Waals surface area contributed by atoms with Gasteiger partial charge in [-0.25, -0.2) is 0 Å². The number of aliphatic hydroxyl groups is 1. The number of aliphatic hydroxyl groups excluding tert-OH is 1. The molecule has 1 heterocycles. The minimum Gasteiger partial charge on any atom is -0.391 e. The van der Waals surface area contributed by atoms with Gasteiger partial charge in [-0.3, -0.25) is 14.5 Å². The molecule has 2 fully saturated rings. The van der Waals surface area contributed by atoms with Crippen LogP contribution in [0.4, 0.5) is 0 Å². The molecule has 31 heavy (non-hydrogen) atoms. The number of halogens is 1. The maximum Gasteiger partial charge on any atom is 0.248 e. The monoisotopic (exact) mass is 477 g/mol. The highest BCUT2D eigenvalue weighted by Crippen LogP contribution is 2.79. The van der Waals surface area contributed by atoms with Gasteiger partial charge >= 0.3 is 0 Å². The van der Waals surface area contributed by atoms with E-state index >= 15 is 0 Å². The maximum absolute atomic E-state index is 13.7. The second kappa shape index (κ2) is 6.50. The summed E-state index contributed by atoms with van der Waals surface area (Å²) >= 11 is 3.78. The summed E-state index contributed by atoms with van der Waals surface area (Å²) in [6.07, 6.45) is 0.661. The molecule has 5 atom stereocenters. The third kappa shape index (κ3) is 2.14. The highest BCUT2D eigenvalue weighted by atomic mass is 79.9. The predicted molar refractivity (Wildman–Crippen MR) is 124 cm³/mol. The first-order valence-electron chi connectivity index (χ1n) is 10.5. The summed E-state index contributed by atoms with van der Waals surface area (Å²) < 4.78 is -1.22. The van der Waals surface area contributed by atoms with E-state index in [0.29, 0.717) is 0 Å². The van der Waals surface area contributed by atoms with Gasteiger partial charge in [-0.05, 0) is 22.3 Å². The number of nitrogens with zero attached hydrogens (tertiary/aromatic N) is 1. The van der Waals surface area contributed by atoms with Crippen LogP contribution in [0.15, 0.2) is 73.3 Å².